The fourth-order valence-corrected chi connectivity index (χ4v) is 0.880. The fraction of sp³-hybridized carbons (Fsp3) is 1.00. The molecule has 2 unspecified atom stereocenters. The molecule has 0 aliphatic carbocycles. The summed E-state index contributed by atoms with van der Waals surface area (Å²) in [5.74, 6) is 0.361. The monoisotopic (exact) mass is 161 g/mol. The van der Waals surface area contributed by atoms with Crippen molar-refractivity contribution < 1.29 is 5.11 Å². The number of aliphatic hydroxyl groups is 1. The average Bonchev–Trinajstić information content (AvgIpc) is 2.07. The van der Waals surface area contributed by atoms with Gasteiger partial charge in [0.1, 0.15) is 0 Å². The molecule has 0 bridgehead atoms. The van der Waals surface area contributed by atoms with Crippen LogP contribution in [-0.4, -0.2) is 17.8 Å². The van der Waals surface area contributed by atoms with Crippen LogP contribution in [0.15, 0.2) is 0 Å². The van der Waals surface area contributed by atoms with Gasteiger partial charge in [-0.15, -0.1) is 0 Å². The first-order valence-electron chi connectivity index (χ1n) is 4.60. The van der Waals surface area contributed by atoms with Crippen LogP contribution in [0.2, 0.25) is 0 Å². The molecular weight excluding hydrogens is 138 g/mol. The Morgan fingerprint density at radius 3 is 2.09 bits per heavy atom. The molecule has 0 aromatic carbocycles. The second-order valence-electron chi connectivity index (χ2n) is 2.57. The molecule has 0 spiro atoms. The Balaban J connectivity index is 0. The Morgan fingerprint density at radius 2 is 1.82 bits per heavy atom. The van der Waals surface area contributed by atoms with Gasteiger partial charge < -0.3 is 10.8 Å². The van der Waals surface area contributed by atoms with Crippen molar-refractivity contribution in [1.82, 2.24) is 0 Å². The van der Waals surface area contributed by atoms with E-state index in [0.717, 1.165) is 12.8 Å². The van der Waals surface area contributed by atoms with Gasteiger partial charge in [-0.1, -0.05) is 34.1 Å². The lowest BCUT2D eigenvalue weighted by Crippen LogP contribution is -2.26. The lowest BCUT2D eigenvalue weighted by molar-refractivity contribution is 0.119. The molecule has 2 heteroatoms. The highest BCUT2D eigenvalue weighted by molar-refractivity contribution is 4.63. The minimum absolute atomic E-state index is 0.301. The largest absolute Gasteiger partial charge is 0.392 e. The third-order valence-corrected chi connectivity index (χ3v) is 1.64. The minimum Gasteiger partial charge on any atom is -0.392 e. The molecule has 2 nitrogen and oxygen atoms in total. The van der Waals surface area contributed by atoms with E-state index in [1.807, 2.05) is 20.8 Å². The zero-order valence-electron chi connectivity index (χ0n) is 8.30. The Kier molecular flexibility index (Phi) is 12.2. The summed E-state index contributed by atoms with van der Waals surface area (Å²) >= 11 is 0. The van der Waals surface area contributed by atoms with Crippen LogP contribution in [0.5, 0.6) is 0 Å². The zero-order valence-corrected chi connectivity index (χ0v) is 8.30. The number of hydrogen-bond donors (Lipinski definition) is 2. The van der Waals surface area contributed by atoms with Crippen molar-refractivity contribution in [2.24, 2.45) is 11.7 Å². The summed E-state index contributed by atoms with van der Waals surface area (Å²) in [5, 5.41) is 9.13. The van der Waals surface area contributed by atoms with Crippen molar-refractivity contribution in [3.8, 4) is 0 Å². The van der Waals surface area contributed by atoms with Gasteiger partial charge in [0.25, 0.3) is 0 Å². The van der Waals surface area contributed by atoms with Crippen LogP contribution < -0.4 is 5.73 Å². The molecule has 0 rings (SSSR count). The van der Waals surface area contributed by atoms with E-state index in [9.17, 15) is 0 Å². The molecule has 0 amide bonds. The molecule has 11 heavy (non-hydrogen) atoms. The quantitative estimate of drug-likeness (QED) is 0.660. The van der Waals surface area contributed by atoms with E-state index in [-0.39, 0.29) is 6.10 Å². The molecule has 0 heterocycles. The highest BCUT2D eigenvalue weighted by Crippen LogP contribution is 2.08. The number of hydrogen-bond acceptors (Lipinski definition) is 2. The predicted octanol–water partition coefficient (Wildman–Crippen LogP) is 1.77. The molecule has 0 radical (unpaired) electrons. The van der Waals surface area contributed by atoms with E-state index in [1.54, 1.807) is 0 Å². The maximum atomic E-state index is 9.13. The van der Waals surface area contributed by atoms with E-state index >= 15 is 0 Å². The van der Waals surface area contributed by atoms with Crippen molar-refractivity contribution >= 4 is 0 Å². The maximum absolute atomic E-state index is 9.13. The summed E-state index contributed by atoms with van der Waals surface area (Å²) in [4.78, 5) is 0. The van der Waals surface area contributed by atoms with Gasteiger partial charge in [-0.3, -0.25) is 0 Å². The van der Waals surface area contributed by atoms with Crippen molar-refractivity contribution in [3.63, 3.8) is 0 Å². The summed E-state index contributed by atoms with van der Waals surface area (Å²) in [6.07, 6.45) is 1.89. The first-order chi connectivity index (χ1) is 5.22. The molecular formula is C9H23NO. The van der Waals surface area contributed by atoms with Gasteiger partial charge in [-0.05, 0) is 12.3 Å². The summed E-state index contributed by atoms with van der Waals surface area (Å²) < 4.78 is 0. The van der Waals surface area contributed by atoms with E-state index < -0.39 is 0 Å². The van der Waals surface area contributed by atoms with Gasteiger partial charge in [0.2, 0.25) is 0 Å². The lowest BCUT2D eigenvalue weighted by atomic mass is 10.00. The van der Waals surface area contributed by atoms with E-state index in [2.05, 4.69) is 6.92 Å². The van der Waals surface area contributed by atoms with Gasteiger partial charge >= 0.3 is 0 Å². The highest BCUT2D eigenvalue weighted by Gasteiger charge is 2.09. The van der Waals surface area contributed by atoms with Gasteiger partial charge in [0.15, 0.2) is 0 Å². The number of nitrogens with two attached hydrogens (primary N) is 1. The van der Waals surface area contributed by atoms with Crippen molar-refractivity contribution in [3.05, 3.63) is 0 Å². The molecule has 70 valence electrons. The molecule has 0 saturated carbocycles. The zero-order chi connectivity index (χ0) is 9.28. The Bertz CT molecular complexity index is 66.6. The van der Waals surface area contributed by atoms with Crippen molar-refractivity contribution in [2.45, 2.75) is 46.6 Å². The molecule has 0 fully saturated rings. The Labute approximate surface area is 70.8 Å². The summed E-state index contributed by atoms with van der Waals surface area (Å²) in [7, 11) is 0. The number of rotatable bonds is 4. The summed E-state index contributed by atoms with van der Waals surface area (Å²) in [6, 6.07) is 0. The molecule has 0 aliphatic rings. The van der Waals surface area contributed by atoms with Crippen LogP contribution in [0.3, 0.4) is 0 Å². The second-order valence-corrected chi connectivity index (χ2v) is 2.57. The van der Waals surface area contributed by atoms with Crippen LogP contribution in [0.25, 0.3) is 0 Å². The predicted molar refractivity (Wildman–Crippen MR) is 50.5 cm³/mol. The Hall–Kier alpha value is -0.0800. The number of aliphatic hydroxyl groups excluding tert-OH is 1. The standard InChI is InChI=1S/C7H17NO.C2H6/c1-3-4-6(2)7(9)5-8;1-2/h6-7,9H,3-5,8H2,1-2H3;1-2H3. The van der Waals surface area contributed by atoms with Crippen molar-refractivity contribution in [1.29, 1.82) is 0 Å². The Morgan fingerprint density at radius 1 is 1.36 bits per heavy atom. The second kappa shape index (κ2) is 9.92. The van der Waals surface area contributed by atoms with E-state index in [0.29, 0.717) is 12.5 Å². The van der Waals surface area contributed by atoms with Crippen LogP contribution in [0, 0.1) is 5.92 Å². The van der Waals surface area contributed by atoms with E-state index in [1.165, 1.54) is 0 Å². The summed E-state index contributed by atoms with van der Waals surface area (Å²) in [5.41, 5.74) is 5.25. The van der Waals surface area contributed by atoms with Gasteiger partial charge in [-0.25, -0.2) is 0 Å². The molecule has 2 atom stereocenters. The third kappa shape index (κ3) is 7.82. The fourth-order valence-electron chi connectivity index (χ4n) is 0.880. The third-order valence-electron chi connectivity index (χ3n) is 1.64. The first kappa shape index (κ1) is 13.5. The van der Waals surface area contributed by atoms with Gasteiger partial charge in [-0.2, -0.15) is 0 Å². The van der Waals surface area contributed by atoms with Crippen LogP contribution in [-0.2, 0) is 0 Å². The molecule has 3 N–H and O–H groups in total. The van der Waals surface area contributed by atoms with Crippen LogP contribution in [0.1, 0.15) is 40.5 Å². The first-order valence-corrected chi connectivity index (χ1v) is 4.60. The van der Waals surface area contributed by atoms with E-state index in [4.69, 9.17) is 10.8 Å². The SMILES string of the molecule is CC.CCCC(C)C(O)CN. The molecule has 0 aromatic rings. The minimum atomic E-state index is -0.301. The van der Waals surface area contributed by atoms with Crippen molar-refractivity contribution in [2.75, 3.05) is 6.54 Å². The van der Waals surface area contributed by atoms with Gasteiger partial charge in [0.05, 0.1) is 6.10 Å². The molecule has 0 aromatic heterocycles. The van der Waals surface area contributed by atoms with Gasteiger partial charge in [0, 0.05) is 6.54 Å². The normalized spacial score (nSPS) is 14.7. The highest BCUT2D eigenvalue weighted by atomic mass is 16.3. The smallest absolute Gasteiger partial charge is 0.0687 e. The van der Waals surface area contributed by atoms with Crippen LogP contribution in [0.4, 0.5) is 0 Å². The lowest BCUT2D eigenvalue weighted by Gasteiger charge is -2.15. The molecule has 0 aliphatic heterocycles. The molecule has 0 saturated heterocycles. The maximum Gasteiger partial charge on any atom is 0.0687 e. The summed E-state index contributed by atoms with van der Waals surface area (Å²) in [6.45, 7) is 8.53. The van der Waals surface area contributed by atoms with Crippen LogP contribution >= 0.6 is 0 Å². The average molecular weight is 161 g/mol. The topological polar surface area (TPSA) is 46.2 Å².